The van der Waals surface area contributed by atoms with Crippen LogP contribution in [0.2, 0.25) is 0 Å². The molecule has 0 fully saturated rings. The summed E-state index contributed by atoms with van der Waals surface area (Å²) in [6.07, 6.45) is 0.0645. The first-order chi connectivity index (χ1) is 11.7. The topological polar surface area (TPSA) is 42.4 Å². The van der Waals surface area contributed by atoms with Crippen LogP contribution in [0.15, 0.2) is 60.0 Å². The number of aromatic nitrogens is 1. The van der Waals surface area contributed by atoms with Gasteiger partial charge in [0.15, 0.2) is 11.2 Å². The highest BCUT2D eigenvalue weighted by Crippen LogP contribution is 2.34. The number of benzene rings is 2. The highest BCUT2D eigenvalue weighted by atomic mass is 32.1. The summed E-state index contributed by atoms with van der Waals surface area (Å²) in [5.41, 5.74) is 2.77. The highest BCUT2D eigenvalue weighted by molar-refractivity contribution is 7.14. The number of carbonyl (C=O) groups excluding carboxylic acids is 1. The molecule has 0 N–H and O–H groups in total. The van der Waals surface area contributed by atoms with Crippen LogP contribution in [-0.4, -0.2) is 17.0 Å². The molecule has 1 unspecified atom stereocenters. The maximum Gasteiger partial charge on any atom is 0.274 e. The maximum absolute atomic E-state index is 13.2. The summed E-state index contributed by atoms with van der Waals surface area (Å²) in [7, 11) is 0. The van der Waals surface area contributed by atoms with Crippen LogP contribution in [0.3, 0.4) is 0 Å². The van der Waals surface area contributed by atoms with E-state index in [1.54, 1.807) is 4.90 Å². The van der Waals surface area contributed by atoms with Gasteiger partial charge in [-0.15, -0.1) is 11.3 Å². The van der Waals surface area contributed by atoms with Gasteiger partial charge in [0.2, 0.25) is 0 Å². The Morgan fingerprint density at radius 3 is 2.62 bits per heavy atom. The summed E-state index contributed by atoms with van der Waals surface area (Å²) in [6.45, 7) is 1.93. The lowest BCUT2D eigenvalue weighted by Crippen LogP contribution is -2.38. The molecule has 3 aromatic rings. The molecular formula is C19H16N2O2S. The number of fused-ring (bicyclic) bond motifs is 1. The molecule has 1 atom stereocenters. The number of rotatable bonds is 3. The normalized spacial score (nSPS) is 15.6. The molecule has 5 heteroatoms. The molecule has 0 bridgehead atoms. The molecular weight excluding hydrogens is 320 g/mol. The van der Waals surface area contributed by atoms with Crippen LogP contribution in [0.1, 0.15) is 11.3 Å². The van der Waals surface area contributed by atoms with E-state index in [1.165, 1.54) is 11.3 Å². The maximum atomic E-state index is 13.2. The first kappa shape index (κ1) is 14.9. The molecule has 2 heterocycles. The minimum absolute atomic E-state index is 0.0910. The predicted octanol–water partition coefficient (Wildman–Crippen LogP) is 4.12. The van der Waals surface area contributed by atoms with Gasteiger partial charge in [-0.2, -0.15) is 0 Å². The van der Waals surface area contributed by atoms with Crippen LogP contribution in [0.5, 0.6) is 5.75 Å². The lowest BCUT2D eigenvalue weighted by molar-refractivity contribution is -0.123. The van der Waals surface area contributed by atoms with Gasteiger partial charge in [0.1, 0.15) is 5.75 Å². The van der Waals surface area contributed by atoms with Crippen molar-refractivity contribution in [1.82, 2.24) is 4.98 Å². The monoisotopic (exact) mass is 336 g/mol. The fourth-order valence-corrected chi connectivity index (χ4v) is 3.64. The van der Waals surface area contributed by atoms with Crippen LogP contribution < -0.4 is 9.64 Å². The molecule has 0 saturated heterocycles. The van der Waals surface area contributed by atoms with Crippen LogP contribution in [0.25, 0.3) is 0 Å². The summed E-state index contributed by atoms with van der Waals surface area (Å²) in [5, 5.41) is 2.62. The first-order valence-corrected chi connectivity index (χ1v) is 8.66. The Labute approximate surface area is 144 Å². The second kappa shape index (κ2) is 6.09. The average molecular weight is 336 g/mol. The molecule has 0 aliphatic carbocycles. The number of amides is 1. The lowest BCUT2D eigenvalue weighted by Gasteiger charge is -2.23. The van der Waals surface area contributed by atoms with E-state index in [1.807, 2.05) is 66.9 Å². The Balaban J connectivity index is 1.68. The number of carbonyl (C=O) groups is 1. The minimum Gasteiger partial charge on any atom is -0.480 e. The van der Waals surface area contributed by atoms with Crippen molar-refractivity contribution in [3.8, 4) is 5.75 Å². The highest BCUT2D eigenvalue weighted by Gasteiger charge is 2.34. The Morgan fingerprint density at radius 2 is 1.92 bits per heavy atom. The van der Waals surface area contributed by atoms with Crippen LogP contribution in [0, 0.1) is 6.92 Å². The molecule has 1 aliphatic rings. The van der Waals surface area contributed by atoms with Crippen molar-refractivity contribution in [3.05, 3.63) is 71.2 Å². The van der Waals surface area contributed by atoms with E-state index in [0.29, 0.717) is 11.6 Å². The van der Waals surface area contributed by atoms with E-state index in [-0.39, 0.29) is 5.91 Å². The van der Waals surface area contributed by atoms with E-state index >= 15 is 0 Å². The molecule has 1 aromatic heterocycles. The third-order valence-corrected chi connectivity index (χ3v) is 4.90. The number of hydrogen-bond acceptors (Lipinski definition) is 4. The van der Waals surface area contributed by atoms with E-state index in [4.69, 9.17) is 4.74 Å². The standard InChI is InChI=1S/C19H16N2O2S/c1-13-12-24-19(20-13)21(15-8-3-2-4-9-15)18(22)17-11-14-7-5-6-10-16(14)23-17/h2-10,12,17H,11H2,1H3. The van der Waals surface area contributed by atoms with E-state index in [0.717, 1.165) is 22.7 Å². The van der Waals surface area contributed by atoms with Gasteiger partial charge in [0.25, 0.3) is 5.91 Å². The average Bonchev–Trinajstić information content (AvgIpc) is 3.22. The SMILES string of the molecule is Cc1csc(N(C(=O)C2Cc3ccccc3O2)c2ccccc2)n1. The van der Waals surface area contributed by atoms with Crippen molar-refractivity contribution >= 4 is 28.1 Å². The zero-order valence-electron chi connectivity index (χ0n) is 13.2. The minimum atomic E-state index is -0.521. The third-order valence-electron chi connectivity index (χ3n) is 3.96. The molecule has 4 rings (SSSR count). The Morgan fingerprint density at radius 1 is 1.17 bits per heavy atom. The number of para-hydroxylation sites is 2. The molecule has 4 nitrogen and oxygen atoms in total. The van der Waals surface area contributed by atoms with E-state index in [2.05, 4.69) is 4.98 Å². The quantitative estimate of drug-likeness (QED) is 0.722. The van der Waals surface area contributed by atoms with Gasteiger partial charge in [-0.1, -0.05) is 36.4 Å². The predicted molar refractivity (Wildman–Crippen MR) is 95.0 cm³/mol. The molecule has 24 heavy (non-hydrogen) atoms. The van der Waals surface area contributed by atoms with Crippen LogP contribution in [-0.2, 0) is 11.2 Å². The second-order valence-electron chi connectivity index (χ2n) is 5.70. The van der Waals surface area contributed by atoms with Crippen molar-refractivity contribution in [2.45, 2.75) is 19.4 Å². The van der Waals surface area contributed by atoms with Crippen LogP contribution in [0.4, 0.5) is 10.8 Å². The summed E-state index contributed by atoms with van der Waals surface area (Å²) < 4.78 is 5.89. The largest absolute Gasteiger partial charge is 0.480 e. The fourth-order valence-electron chi connectivity index (χ4n) is 2.82. The molecule has 0 spiro atoms. The van der Waals surface area contributed by atoms with Gasteiger partial charge in [0.05, 0.1) is 11.4 Å². The summed E-state index contributed by atoms with van der Waals surface area (Å²) in [5.74, 6) is 0.700. The second-order valence-corrected chi connectivity index (χ2v) is 6.54. The molecule has 1 aliphatic heterocycles. The Kier molecular flexibility index (Phi) is 3.78. The van der Waals surface area contributed by atoms with Gasteiger partial charge in [0, 0.05) is 11.8 Å². The Hall–Kier alpha value is -2.66. The number of aryl methyl sites for hydroxylation is 1. The number of anilines is 2. The van der Waals surface area contributed by atoms with Gasteiger partial charge < -0.3 is 4.74 Å². The van der Waals surface area contributed by atoms with Crippen molar-refractivity contribution in [2.24, 2.45) is 0 Å². The van der Waals surface area contributed by atoms with Gasteiger partial charge in [-0.25, -0.2) is 4.98 Å². The van der Waals surface area contributed by atoms with Crippen molar-refractivity contribution in [2.75, 3.05) is 4.90 Å². The number of thiazole rings is 1. The fraction of sp³-hybridized carbons (Fsp3) is 0.158. The van der Waals surface area contributed by atoms with Gasteiger partial charge in [-0.05, 0) is 30.7 Å². The zero-order chi connectivity index (χ0) is 16.5. The zero-order valence-corrected chi connectivity index (χ0v) is 14.0. The molecule has 2 aromatic carbocycles. The molecule has 0 saturated carbocycles. The molecule has 0 radical (unpaired) electrons. The lowest BCUT2D eigenvalue weighted by atomic mass is 10.1. The van der Waals surface area contributed by atoms with Crippen molar-refractivity contribution < 1.29 is 9.53 Å². The van der Waals surface area contributed by atoms with Gasteiger partial charge >= 0.3 is 0 Å². The number of hydrogen-bond donors (Lipinski definition) is 0. The van der Waals surface area contributed by atoms with Crippen molar-refractivity contribution in [3.63, 3.8) is 0 Å². The number of nitrogens with zero attached hydrogens (tertiary/aromatic N) is 2. The molecule has 120 valence electrons. The van der Waals surface area contributed by atoms with Crippen molar-refractivity contribution in [1.29, 1.82) is 0 Å². The van der Waals surface area contributed by atoms with Crippen LogP contribution >= 0.6 is 11.3 Å². The summed E-state index contributed by atoms with van der Waals surface area (Å²) >= 11 is 1.46. The smallest absolute Gasteiger partial charge is 0.274 e. The summed E-state index contributed by atoms with van der Waals surface area (Å²) in [4.78, 5) is 19.3. The Bertz CT molecular complexity index is 851. The van der Waals surface area contributed by atoms with E-state index < -0.39 is 6.10 Å². The van der Waals surface area contributed by atoms with E-state index in [9.17, 15) is 4.79 Å². The first-order valence-electron chi connectivity index (χ1n) is 7.78. The number of ether oxygens (including phenoxy) is 1. The van der Waals surface area contributed by atoms with Gasteiger partial charge in [-0.3, -0.25) is 9.69 Å². The third kappa shape index (κ3) is 2.67. The summed E-state index contributed by atoms with van der Waals surface area (Å²) in [6, 6.07) is 17.4. The molecule has 1 amide bonds.